The molecule has 3 heterocycles. The minimum absolute atomic E-state index is 0.0306. The largest absolute Gasteiger partial charge is 0.350 e. The van der Waals surface area contributed by atoms with Crippen molar-refractivity contribution in [3.8, 4) is 0 Å². The molecule has 0 unspecified atom stereocenters. The Kier molecular flexibility index (Phi) is 4.41. The summed E-state index contributed by atoms with van der Waals surface area (Å²) in [5.41, 5.74) is 2.21. The van der Waals surface area contributed by atoms with Crippen molar-refractivity contribution >= 4 is 11.8 Å². The third-order valence-electron chi connectivity index (χ3n) is 3.92. The van der Waals surface area contributed by atoms with E-state index in [1.54, 1.807) is 31.4 Å². The number of hydrogen-bond acceptors (Lipinski definition) is 4. The maximum absolute atomic E-state index is 12.3. The molecule has 120 valence electrons. The van der Waals surface area contributed by atoms with Gasteiger partial charge in [0.25, 0.3) is 0 Å². The lowest BCUT2D eigenvalue weighted by atomic mass is 10.2. The minimum Gasteiger partial charge on any atom is -0.350 e. The molecule has 23 heavy (non-hydrogen) atoms. The van der Waals surface area contributed by atoms with Crippen molar-refractivity contribution in [3.63, 3.8) is 0 Å². The highest BCUT2D eigenvalue weighted by atomic mass is 16.2. The summed E-state index contributed by atoms with van der Waals surface area (Å²) in [7, 11) is 3.57. The number of anilines is 1. The van der Waals surface area contributed by atoms with Crippen molar-refractivity contribution in [2.24, 2.45) is 0 Å². The third kappa shape index (κ3) is 3.41. The zero-order valence-corrected chi connectivity index (χ0v) is 13.5. The van der Waals surface area contributed by atoms with Gasteiger partial charge >= 0.3 is 6.03 Å². The molecule has 3 rings (SSSR count). The minimum atomic E-state index is 0.0306. The van der Waals surface area contributed by atoms with Crippen LogP contribution in [0.25, 0.3) is 0 Å². The quantitative estimate of drug-likeness (QED) is 0.851. The molecule has 2 amide bonds. The van der Waals surface area contributed by atoms with E-state index in [9.17, 15) is 4.79 Å². The normalized spacial score (nSPS) is 14.2. The lowest BCUT2D eigenvalue weighted by Crippen LogP contribution is -2.41. The van der Waals surface area contributed by atoms with E-state index in [1.165, 1.54) is 0 Å². The number of carbonyl (C=O) groups excluding carboxylic acids is 1. The Morgan fingerprint density at radius 1 is 1.22 bits per heavy atom. The number of hydrogen-bond donors (Lipinski definition) is 0. The van der Waals surface area contributed by atoms with Gasteiger partial charge in [-0.2, -0.15) is 0 Å². The van der Waals surface area contributed by atoms with Gasteiger partial charge in [0.05, 0.1) is 6.54 Å². The zero-order valence-electron chi connectivity index (χ0n) is 13.5. The first kappa shape index (κ1) is 15.3. The SMILES string of the molecule is CN(C)C(=O)N1CCN(Cc2cccnc2)c2ncccc2C1. The lowest BCUT2D eigenvalue weighted by molar-refractivity contribution is 0.170. The lowest BCUT2D eigenvalue weighted by Gasteiger charge is -2.25. The van der Waals surface area contributed by atoms with Crippen LogP contribution >= 0.6 is 0 Å². The fraction of sp³-hybridized carbons (Fsp3) is 0.353. The van der Waals surface area contributed by atoms with Crippen LogP contribution in [0.2, 0.25) is 0 Å². The molecule has 0 N–H and O–H groups in total. The van der Waals surface area contributed by atoms with Crippen molar-refractivity contribution in [1.82, 2.24) is 19.8 Å². The Bertz CT molecular complexity index is 674. The molecular formula is C17H21N5O. The number of pyridine rings is 2. The van der Waals surface area contributed by atoms with E-state index in [0.29, 0.717) is 13.1 Å². The molecule has 0 radical (unpaired) electrons. The first-order valence-corrected chi connectivity index (χ1v) is 7.69. The standard InChI is InChI=1S/C17H21N5O/c1-20(2)17(23)22-10-9-21(12-14-5-3-7-18-11-14)16-15(13-22)6-4-8-19-16/h3-8,11H,9-10,12-13H2,1-2H3. The van der Waals surface area contributed by atoms with Gasteiger partial charge < -0.3 is 14.7 Å². The molecule has 0 saturated carbocycles. The van der Waals surface area contributed by atoms with Crippen LogP contribution in [-0.2, 0) is 13.1 Å². The van der Waals surface area contributed by atoms with Crippen LogP contribution < -0.4 is 4.90 Å². The average molecular weight is 311 g/mol. The highest BCUT2D eigenvalue weighted by molar-refractivity contribution is 5.74. The molecule has 6 heteroatoms. The predicted molar refractivity (Wildman–Crippen MR) is 89.0 cm³/mol. The van der Waals surface area contributed by atoms with E-state index in [-0.39, 0.29) is 6.03 Å². The van der Waals surface area contributed by atoms with Crippen LogP contribution in [0.5, 0.6) is 0 Å². The average Bonchev–Trinajstić information content (AvgIpc) is 2.75. The molecule has 6 nitrogen and oxygen atoms in total. The number of urea groups is 1. The number of amides is 2. The first-order valence-electron chi connectivity index (χ1n) is 7.69. The summed E-state index contributed by atoms with van der Waals surface area (Å²) in [5.74, 6) is 0.949. The molecule has 0 saturated heterocycles. The maximum atomic E-state index is 12.3. The summed E-state index contributed by atoms with van der Waals surface area (Å²) in [5, 5.41) is 0. The van der Waals surface area contributed by atoms with Crippen LogP contribution in [0, 0.1) is 0 Å². The molecular weight excluding hydrogens is 290 g/mol. The van der Waals surface area contributed by atoms with Crippen LogP contribution in [0.3, 0.4) is 0 Å². The molecule has 0 aromatic carbocycles. The smallest absolute Gasteiger partial charge is 0.319 e. The predicted octanol–water partition coefficient (Wildman–Crippen LogP) is 1.98. The number of nitrogens with zero attached hydrogens (tertiary/aromatic N) is 5. The van der Waals surface area contributed by atoms with Gasteiger partial charge in [0.15, 0.2) is 0 Å². The van der Waals surface area contributed by atoms with E-state index in [0.717, 1.165) is 30.0 Å². The van der Waals surface area contributed by atoms with E-state index < -0.39 is 0 Å². The molecule has 0 fully saturated rings. The summed E-state index contributed by atoms with van der Waals surface area (Å²) in [6.45, 7) is 2.75. The molecule has 0 bridgehead atoms. The van der Waals surface area contributed by atoms with E-state index >= 15 is 0 Å². The first-order chi connectivity index (χ1) is 11.1. The molecule has 1 aliphatic heterocycles. The number of fused-ring (bicyclic) bond motifs is 1. The van der Waals surface area contributed by atoms with Gasteiger partial charge in [-0.25, -0.2) is 9.78 Å². The molecule has 2 aromatic rings. The van der Waals surface area contributed by atoms with Gasteiger partial charge in [0, 0.05) is 57.9 Å². The monoisotopic (exact) mass is 311 g/mol. The fourth-order valence-electron chi connectivity index (χ4n) is 2.78. The van der Waals surface area contributed by atoms with Gasteiger partial charge in [0.1, 0.15) is 5.82 Å². The Hall–Kier alpha value is -2.63. The molecule has 0 aliphatic carbocycles. The van der Waals surface area contributed by atoms with Crippen LogP contribution in [0.15, 0.2) is 42.9 Å². The topological polar surface area (TPSA) is 52.6 Å². The van der Waals surface area contributed by atoms with Crippen molar-refractivity contribution < 1.29 is 4.79 Å². The second kappa shape index (κ2) is 6.64. The number of rotatable bonds is 2. The molecule has 0 atom stereocenters. The zero-order chi connectivity index (χ0) is 16.2. The van der Waals surface area contributed by atoms with Crippen LogP contribution in [0.1, 0.15) is 11.1 Å². The summed E-state index contributed by atoms with van der Waals surface area (Å²) in [6.07, 6.45) is 5.45. The van der Waals surface area contributed by atoms with Crippen molar-refractivity contribution in [2.45, 2.75) is 13.1 Å². The second-order valence-electron chi connectivity index (χ2n) is 5.87. The Morgan fingerprint density at radius 3 is 2.78 bits per heavy atom. The summed E-state index contributed by atoms with van der Waals surface area (Å²) in [6, 6.07) is 7.99. The Morgan fingerprint density at radius 2 is 2.04 bits per heavy atom. The van der Waals surface area contributed by atoms with Crippen molar-refractivity contribution in [3.05, 3.63) is 54.0 Å². The fourth-order valence-corrected chi connectivity index (χ4v) is 2.78. The maximum Gasteiger partial charge on any atom is 0.319 e. The molecule has 2 aromatic heterocycles. The highest BCUT2D eigenvalue weighted by Gasteiger charge is 2.24. The van der Waals surface area contributed by atoms with Gasteiger partial charge in [-0.15, -0.1) is 0 Å². The molecule has 1 aliphatic rings. The van der Waals surface area contributed by atoms with E-state index in [1.807, 2.05) is 29.3 Å². The van der Waals surface area contributed by atoms with Crippen LogP contribution in [0.4, 0.5) is 10.6 Å². The number of aromatic nitrogens is 2. The van der Waals surface area contributed by atoms with Gasteiger partial charge in [-0.3, -0.25) is 4.98 Å². The van der Waals surface area contributed by atoms with Crippen LogP contribution in [-0.4, -0.2) is 53.0 Å². The second-order valence-corrected chi connectivity index (χ2v) is 5.87. The Balaban J connectivity index is 1.87. The summed E-state index contributed by atoms with van der Waals surface area (Å²) < 4.78 is 0. The van der Waals surface area contributed by atoms with Gasteiger partial charge in [-0.1, -0.05) is 12.1 Å². The van der Waals surface area contributed by atoms with Gasteiger partial charge in [-0.05, 0) is 17.7 Å². The van der Waals surface area contributed by atoms with E-state index in [2.05, 4.69) is 20.9 Å². The van der Waals surface area contributed by atoms with Crippen molar-refractivity contribution in [2.75, 3.05) is 32.1 Å². The number of carbonyl (C=O) groups is 1. The summed E-state index contributed by atoms with van der Waals surface area (Å²) in [4.78, 5) is 26.8. The summed E-state index contributed by atoms with van der Waals surface area (Å²) >= 11 is 0. The van der Waals surface area contributed by atoms with Crippen molar-refractivity contribution in [1.29, 1.82) is 0 Å². The highest BCUT2D eigenvalue weighted by Crippen LogP contribution is 2.24. The van der Waals surface area contributed by atoms with Gasteiger partial charge in [0.2, 0.25) is 0 Å². The molecule has 0 spiro atoms. The van der Waals surface area contributed by atoms with E-state index in [4.69, 9.17) is 0 Å². The third-order valence-corrected chi connectivity index (χ3v) is 3.92. The Labute approximate surface area is 136 Å².